The molecule has 0 aliphatic carbocycles. The largest absolute Gasteiger partial charge is 0.421 e. The second-order valence-corrected chi connectivity index (χ2v) is 4.24. The molecule has 1 amide bonds. The maximum atomic E-state index is 11.8. The van der Waals surface area contributed by atoms with E-state index in [1.54, 1.807) is 13.8 Å². The van der Waals surface area contributed by atoms with Crippen molar-refractivity contribution in [2.45, 2.75) is 53.3 Å². The molecule has 4 nitrogen and oxygen atoms in total. The maximum Gasteiger partial charge on any atom is 0.421 e. The third kappa shape index (κ3) is 14.8. The molecule has 22 heavy (non-hydrogen) atoms. The van der Waals surface area contributed by atoms with Crippen molar-refractivity contribution in [1.29, 1.82) is 0 Å². The number of carbonyl (C=O) groups excluding carboxylic acids is 2. The SMILES string of the molecule is C=C(C(=O)NC(C)C)C(F)(F)F.C=C(CCO)C(C)=O.CC. The number of aliphatic hydroxyl groups is 1. The van der Waals surface area contributed by atoms with Crippen LogP contribution in [0.2, 0.25) is 0 Å². The number of ketones is 1. The van der Waals surface area contributed by atoms with Gasteiger partial charge in [0.1, 0.15) is 5.57 Å². The van der Waals surface area contributed by atoms with E-state index in [4.69, 9.17) is 5.11 Å². The van der Waals surface area contributed by atoms with Crippen molar-refractivity contribution in [1.82, 2.24) is 5.32 Å². The molecule has 0 spiro atoms. The van der Waals surface area contributed by atoms with Crippen molar-refractivity contribution in [3.63, 3.8) is 0 Å². The van der Waals surface area contributed by atoms with Gasteiger partial charge in [-0.2, -0.15) is 13.2 Å². The predicted octanol–water partition coefficient (Wildman–Crippen LogP) is 3.17. The average Bonchev–Trinajstić information content (AvgIpc) is 2.39. The highest BCUT2D eigenvalue weighted by Gasteiger charge is 2.36. The predicted molar refractivity (Wildman–Crippen MR) is 81.3 cm³/mol. The Hall–Kier alpha value is -1.63. The van der Waals surface area contributed by atoms with Crippen molar-refractivity contribution in [3.8, 4) is 0 Å². The Labute approximate surface area is 130 Å². The van der Waals surface area contributed by atoms with E-state index in [1.807, 2.05) is 13.8 Å². The number of halogens is 3. The Kier molecular flexibility index (Phi) is 15.0. The molecule has 0 saturated heterocycles. The molecule has 0 fully saturated rings. The van der Waals surface area contributed by atoms with Crippen LogP contribution >= 0.6 is 0 Å². The molecule has 0 saturated carbocycles. The second kappa shape index (κ2) is 13.1. The lowest BCUT2D eigenvalue weighted by atomic mass is 10.1. The number of rotatable bonds is 5. The van der Waals surface area contributed by atoms with E-state index < -0.39 is 17.7 Å². The van der Waals surface area contributed by atoms with Crippen molar-refractivity contribution < 1.29 is 27.9 Å². The van der Waals surface area contributed by atoms with Gasteiger partial charge in [-0.3, -0.25) is 9.59 Å². The Balaban J connectivity index is -0.000000313. The summed E-state index contributed by atoms with van der Waals surface area (Å²) in [6.45, 7) is 14.7. The van der Waals surface area contributed by atoms with Gasteiger partial charge >= 0.3 is 6.18 Å². The molecule has 0 heterocycles. The van der Waals surface area contributed by atoms with Crippen LogP contribution in [0, 0.1) is 0 Å². The van der Waals surface area contributed by atoms with Gasteiger partial charge in [0.25, 0.3) is 5.91 Å². The Bertz CT molecular complexity index is 375. The van der Waals surface area contributed by atoms with Crippen LogP contribution in [0.25, 0.3) is 0 Å². The van der Waals surface area contributed by atoms with Crippen LogP contribution in [0.5, 0.6) is 0 Å². The minimum atomic E-state index is -4.64. The molecule has 0 aromatic rings. The van der Waals surface area contributed by atoms with Crippen LogP contribution in [-0.2, 0) is 9.59 Å². The van der Waals surface area contributed by atoms with Crippen LogP contribution in [0.4, 0.5) is 13.2 Å². The molecular weight excluding hydrogens is 299 g/mol. The molecule has 0 bridgehead atoms. The molecule has 0 aliphatic heterocycles. The van der Waals surface area contributed by atoms with Gasteiger partial charge in [-0.1, -0.05) is 27.0 Å². The Morgan fingerprint density at radius 3 is 1.77 bits per heavy atom. The Morgan fingerprint density at radius 2 is 1.59 bits per heavy atom. The van der Waals surface area contributed by atoms with Gasteiger partial charge < -0.3 is 10.4 Å². The summed E-state index contributed by atoms with van der Waals surface area (Å²) in [6.07, 6.45) is -4.24. The van der Waals surface area contributed by atoms with E-state index in [2.05, 4.69) is 18.5 Å². The minimum Gasteiger partial charge on any atom is -0.396 e. The quantitative estimate of drug-likeness (QED) is 0.763. The Morgan fingerprint density at radius 1 is 1.18 bits per heavy atom. The summed E-state index contributed by atoms with van der Waals surface area (Å²) in [5.41, 5.74) is -0.872. The zero-order valence-electron chi connectivity index (χ0n) is 13.8. The highest BCUT2D eigenvalue weighted by molar-refractivity contribution is 5.94. The van der Waals surface area contributed by atoms with Crippen LogP contribution in [-0.4, -0.2) is 35.6 Å². The number of Topliss-reactive ketones (excluding diaryl/α,β-unsaturated/α-hetero) is 1. The number of amides is 1. The van der Waals surface area contributed by atoms with Crippen LogP contribution in [0.3, 0.4) is 0 Å². The zero-order chi connectivity index (χ0) is 18.5. The first kappa shape index (κ1) is 25.3. The third-order valence-electron chi connectivity index (χ3n) is 1.95. The van der Waals surface area contributed by atoms with Crippen LogP contribution < -0.4 is 5.32 Å². The number of alkyl halides is 3. The minimum absolute atomic E-state index is 0.0123. The summed E-state index contributed by atoms with van der Waals surface area (Å²) in [4.78, 5) is 21.0. The smallest absolute Gasteiger partial charge is 0.396 e. The van der Waals surface area contributed by atoms with Gasteiger partial charge in [0.2, 0.25) is 0 Å². The lowest BCUT2D eigenvalue weighted by Gasteiger charge is -2.12. The molecule has 7 heteroatoms. The van der Waals surface area contributed by atoms with E-state index in [1.165, 1.54) is 6.92 Å². The summed E-state index contributed by atoms with van der Waals surface area (Å²) in [5.74, 6) is -1.21. The van der Waals surface area contributed by atoms with E-state index >= 15 is 0 Å². The first-order chi connectivity index (χ1) is 9.93. The van der Waals surface area contributed by atoms with E-state index in [9.17, 15) is 22.8 Å². The van der Waals surface area contributed by atoms with Gasteiger partial charge in [0, 0.05) is 12.6 Å². The summed E-state index contributed by atoms with van der Waals surface area (Å²) in [6, 6.07) is -0.323. The summed E-state index contributed by atoms with van der Waals surface area (Å²) >= 11 is 0. The zero-order valence-corrected chi connectivity index (χ0v) is 13.8. The van der Waals surface area contributed by atoms with Crippen LogP contribution in [0.15, 0.2) is 24.3 Å². The fourth-order valence-corrected chi connectivity index (χ4v) is 0.789. The van der Waals surface area contributed by atoms with E-state index in [-0.39, 0.29) is 18.4 Å². The maximum absolute atomic E-state index is 11.8. The number of nitrogens with one attached hydrogen (secondary N) is 1. The molecule has 2 N–H and O–H groups in total. The number of aliphatic hydroxyl groups excluding tert-OH is 1. The van der Waals surface area contributed by atoms with Gasteiger partial charge in [-0.15, -0.1) is 0 Å². The normalized spacial score (nSPS) is 9.73. The summed E-state index contributed by atoms with van der Waals surface area (Å²) in [5, 5.41) is 10.4. The lowest BCUT2D eigenvalue weighted by molar-refractivity contribution is -0.131. The number of carbonyl (C=O) groups is 2. The van der Waals surface area contributed by atoms with Crippen molar-refractivity contribution in [2.24, 2.45) is 0 Å². The fraction of sp³-hybridized carbons (Fsp3) is 0.600. The molecule has 130 valence electrons. The first-order valence-corrected chi connectivity index (χ1v) is 6.80. The molecule has 0 aliphatic rings. The fourth-order valence-electron chi connectivity index (χ4n) is 0.789. The van der Waals surface area contributed by atoms with Crippen LogP contribution in [0.1, 0.15) is 41.0 Å². The van der Waals surface area contributed by atoms with Crippen molar-refractivity contribution in [3.05, 3.63) is 24.3 Å². The molecular formula is C15H26F3NO3. The van der Waals surface area contributed by atoms with Crippen molar-refractivity contribution in [2.75, 3.05) is 6.61 Å². The summed E-state index contributed by atoms with van der Waals surface area (Å²) in [7, 11) is 0. The molecule has 0 aromatic heterocycles. The first-order valence-electron chi connectivity index (χ1n) is 6.80. The second-order valence-electron chi connectivity index (χ2n) is 4.24. The monoisotopic (exact) mass is 325 g/mol. The van der Waals surface area contributed by atoms with Gasteiger partial charge in [-0.05, 0) is 32.8 Å². The molecule has 0 radical (unpaired) electrons. The highest BCUT2D eigenvalue weighted by atomic mass is 19.4. The van der Waals surface area contributed by atoms with Crippen molar-refractivity contribution >= 4 is 11.7 Å². The van der Waals surface area contributed by atoms with Gasteiger partial charge in [0.05, 0.1) is 0 Å². The average molecular weight is 325 g/mol. The van der Waals surface area contributed by atoms with E-state index in [0.717, 1.165) is 0 Å². The highest BCUT2D eigenvalue weighted by Crippen LogP contribution is 2.23. The van der Waals surface area contributed by atoms with Gasteiger partial charge in [0.15, 0.2) is 5.78 Å². The number of hydrogen-bond acceptors (Lipinski definition) is 3. The topological polar surface area (TPSA) is 66.4 Å². The molecule has 0 unspecified atom stereocenters. The molecule has 0 rings (SSSR count). The summed E-state index contributed by atoms with van der Waals surface area (Å²) < 4.78 is 35.4. The standard InChI is InChI=1S/C7H10F3NO.C6H10O2.C2H6/c1-4(2)11-6(12)5(3)7(8,9)10;1-5(3-4-7)6(2)8;1-2/h4H,3H2,1-2H3,(H,11,12);7H,1,3-4H2,2H3;1-2H3. The molecule has 0 aromatic carbocycles. The van der Waals surface area contributed by atoms with E-state index in [0.29, 0.717) is 12.0 Å². The third-order valence-corrected chi connectivity index (χ3v) is 1.95. The number of hydrogen-bond donors (Lipinski definition) is 2. The molecule has 0 atom stereocenters. The lowest BCUT2D eigenvalue weighted by Crippen LogP contribution is -2.35. The van der Waals surface area contributed by atoms with Gasteiger partial charge in [-0.25, -0.2) is 0 Å².